The third-order valence-corrected chi connectivity index (χ3v) is 3.91. The Kier molecular flexibility index (Phi) is 3.97. The zero-order valence-corrected chi connectivity index (χ0v) is 11.8. The van der Waals surface area contributed by atoms with Crippen molar-refractivity contribution in [2.75, 3.05) is 13.7 Å². The number of nitrogens with zero attached hydrogens (tertiary/aromatic N) is 1. The average molecular weight is 277 g/mol. The van der Waals surface area contributed by atoms with Crippen molar-refractivity contribution in [3.8, 4) is 5.75 Å². The first-order chi connectivity index (χ1) is 9.49. The molecule has 5 nitrogen and oxygen atoms in total. The van der Waals surface area contributed by atoms with E-state index in [1.54, 1.807) is 31.2 Å². The van der Waals surface area contributed by atoms with Gasteiger partial charge in [0.2, 0.25) is 0 Å². The van der Waals surface area contributed by atoms with Crippen molar-refractivity contribution in [2.45, 2.75) is 31.7 Å². The van der Waals surface area contributed by atoms with Crippen molar-refractivity contribution in [1.82, 2.24) is 4.90 Å². The highest BCUT2D eigenvalue weighted by atomic mass is 16.5. The van der Waals surface area contributed by atoms with Gasteiger partial charge in [0, 0.05) is 12.1 Å². The van der Waals surface area contributed by atoms with Gasteiger partial charge >= 0.3 is 5.97 Å². The monoisotopic (exact) mass is 277 g/mol. The van der Waals surface area contributed by atoms with E-state index in [0.29, 0.717) is 24.3 Å². The Labute approximate surface area is 118 Å². The highest BCUT2D eigenvalue weighted by molar-refractivity contribution is 5.98. The van der Waals surface area contributed by atoms with Crippen molar-refractivity contribution < 1.29 is 19.4 Å². The summed E-state index contributed by atoms with van der Waals surface area (Å²) in [5.41, 5.74) is -0.669. The molecule has 1 atom stereocenters. The van der Waals surface area contributed by atoms with Gasteiger partial charge in [0.25, 0.3) is 5.91 Å². The summed E-state index contributed by atoms with van der Waals surface area (Å²) >= 11 is 0. The van der Waals surface area contributed by atoms with Gasteiger partial charge in [-0.1, -0.05) is 6.07 Å². The summed E-state index contributed by atoms with van der Waals surface area (Å²) in [4.78, 5) is 25.6. The maximum Gasteiger partial charge on any atom is 0.329 e. The van der Waals surface area contributed by atoms with E-state index in [0.717, 1.165) is 12.8 Å². The second-order valence-corrected chi connectivity index (χ2v) is 5.22. The lowest BCUT2D eigenvalue weighted by atomic mass is 9.88. The van der Waals surface area contributed by atoms with E-state index in [-0.39, 0.29) is 5.91 Å². The number of piperidine rings is 1. The number of likely N-dealkylation sites (tertiary alicyclic amines) is 1. The standard InChI is InChI=1S/C15H19NO4/c1-15(14(18)19)8-3-4-9-16(15)13(17)11-6-5-7-12(10-11)20-2/h5-7,10H,3-4,8-9H2,1-2H3,(H,18,19). The molecule has 0 bridgehead atoms. The predicted molar refractivity (Wildman–Crippen MR) is 73.9 cm³/mol. The molecule has 5 heteroatoms. The Morgan fingerprint density at radius 2 is 2.10 bits per heavy atom. The molecule has 0 saturated carbocycles. The first kappa shape index (κ1) is 14.4. The molecule has 1 aromatic carbocycles. The molecule has 0 aliphatic carbocycles. The van der Waals surface area contributed by atoms with Gasteiger partial charge in [-0.25, -0.2) is 4.79 Å². The van der Waals surface area contributed by atoms with E-state index in [1.807, 2.05) is 0 Å². The average Bonchev–Trinajstić information content (AvgIpc) is 2.47. The topological polar surface area (TPSA) is 66.8 Å². The molecule has 2 rings (SSSR count). The number of amides is 1. The largest absolute Gasteiger partial charge is 0.497 e. The van der Waals surface area contributed by atoms with Crippen molar-refractivity contribution in [3.63, 3.8) is 0 Å². The molecule has 0 radical (unpaired) electrons. The molecule has 108 valence electrons. The number of carbonyl (C=O) groups excluding carboxylic acids is 1. The smallest absolute Gasteiger partial charge is 0.329 e. The van der Waals surface area contributed by atoms with Crippen LogP contribution in [0.4, 0.5) is 0 Å². The Morgan fingerprint density at radius 1 is 1.35 bits per heavy atom. The molecule has 1 heterocycles. The number of methoxy groups -OCH3 is 1. The van der Waals surface area contributed by atoms with Crippen LogP contribution in [-0.2, 0) is 4.79 Å². The number of ether oxygens (including phenoxy) is 1. The summed E-state index contributed by atoms with van der Waals surface area (Å²) in [5.74, 6) is -0.619. The van der Waals surface area contributed by atoms with Crippen LogP contribution < -0.4 is 4.74 Å². The minimum absolute atomic E-state index is 0.256. The van der Waals surface area contributed by atoms with Crippen LogP contribution in [0.15, 0.2) is 24.3 Å². The van der Waals surface area contributed by atoms with Gasteiger partial charge in [-0.15, -0.1) is 0 Å². The van der Waals surface area contributed by atoms with Crippen LogP contribution in [0.1, 0.15) is 36.5 Å². The molecular weight excluding hydrogens is 258 g/mol. The number of hydrogen-bond donors (Lipinski definition) is 1. The van der Waals surface area contributed by atoms with E-state index < -0.39 is 11.5 Å². The van der Waals surface area contributed by atoms with Gasteiger partial charge < -0.3 is 14.7 Å². The van der Waals surface area contributed by atoms with Gasteiger partial charge in [-0.3, -0.25) is 4.79 Å². The minimum atomic E-state index is -1.13. The van der Waals surface area contributed by atoms with E-state index in [2.05, 4.69) is 0 Å². The van der Waals surface area contributed by atoms with Crippen LogP contribution in [0, 0.1) is 0 Å². The van der Waals surface area contributed by atoms with Gasteiger partial charge in [-0.05, 0) is 44.4 Å². The molecule has 0 aromatic heterocycles. The van der Waals surface area contributed by atoms with Gasteiger partial charge in [0.1, 0.15) is 11.3 Å². The van der Waals surface area contributed by atoms with Crippen molar-refractivity contribution in [2.24, 2.45) is 0 Å². The van der Waals surface area contributed by atoms with Gasteiger partial charge in [0.15, 0.2) is 0 Å². The first-order valence-corrected chi connectivity index (χ1v) is 6.68. The molecule has 20 heavy (non-hydrogen) atoms. The third-order valence-electron chi connectivity index (χ3n) is 3.91. The third kappa shape index (κ3) is 2.48. The lowest BCUT2D eigenvalue weighted by Crippen LogP contribution is -2.57. The molecule has 1 N–H and O–H groups in total. The van der Waals surface area contributed by atoms with Crippen LogP contribution >= 0.6 is 0 Å². The Balaban J connectivity index is 2.32. The number of carbonyl (C=O) groups is 2. The van der Waals surface area contributed by atoms with Gasteiger partial charge in [0.05, 0.1) is 7.11 Å². The van der Waals surface area contributed by atoms with Crippen molar-refractivity contribution >= 4 is 11.9 Å². The SMILES string of the molecule is COc1cccc(C(=O)N2CCCCC2(C)C(=O)O)c1. The second-order valence-electron chi connectivity index (χ2n) is 5.22. The predicted octanol–water partition coefficient (Wildman–Crippen LogP) is 2.16. The number of rotatable bonds is 3. The summed E-state index contributed by atoms with van der Waals surface area (Å²) < 4.78 is 5.10. The van der Waals surface area contributed by atoms with E-state index >= 15 is 0 Å². The summed E-state index contributed by atoms with van der Waals surface area (Å²) in [7, 11) is 1.53. The first-order valence-electron chi connectivity index (χ1n) is 6.68. The molecule has 1 unspecified atom stereocenters. The number of aliphatic carboxylic acids is 1. The molecule has 1 aliphatic heterocycles. The number of carboxylic acids is 1. The van der Waals surface area contributed by atoms with Crippen molar-refractivity contribution in [3.05, 3.63) is 29.8 Å². The molecule has 1 saturated heterocycles. The van der Waals surface area contributed by atoms with E-state index in [9.17, 15) is 14.7 Å². The zero-order valence-electron chi connectivity index (χ0n) is 11.8. The fourth-order valence-electron chi connectivity index (χ4n) is 2.58. The molecule has 1 aliphatic rings. The number of benzene rings is 1. The fourth-order valence-corrected chi connectivity index (χ4v) is 2.58. The van der Waals surface area contributed by atoms with Crippen LogP contribution in [0.2, 0.25) is 0 Å². The van der Waals surface area contributed by atoms with Crippen LogP contribution in [-0.4, -0.2) is 41.1 Å². The normalized spacial score (nSPS) is 22.4. The molecule has 0 spiro atoms. The van der Waals surface area contributed by atoms with Crippen LogP contribution in [0.3, 0.4) is 0 Å². The Bertz CT molecular complexity index is 528. The highest BCUT2D eigenvalue weighted by Gasteiger charge is 2.44. The number of hydrogen-bond acceptors (Lipinski definition) is 3. The molecule has 1 aromatic rings. The second kappa shape index (κ2) is 5.53. The molecule has 1 amide bonds. The fraction of sp³-hybridized carbons (Fsp3) is 0.467. The maximum absolute atomic E-state index is 12.6. The van der Waals surface area contributed by atoms with Crippen LogP contribution in [0.5, 0.6) is 5.75 Å². The summed E-state index contributed by atoms with van der Waals surface area (Å²) in [6.45, 7) is 2.09. The number of carboxylic acid groups (broad SMARTS) is 1. The van der Waals surface area contributed by atoms with E-state index in [1.165, 1.54) is 12.0 Å². The Hall–Kier alpha value is -2.04. The lowest BCUT2D eigenvalue weighted by molar-refractivity contribution is -0.150. The minimum Gasteiger partial charge on any atom is -0.497 e. The summed E-state index contributed by atoms with van der Waals surface area (Å²) in [5, 5.41) is 9.45. The maximum atomic E-state index is 12.6. The summed E-state index contributed by atoms with van der Waals surface area (Å²) in [6.07, 6.45) is 2.14. The van der Waals surface area contributed by atoms with Crippen LogP contribution in [0.25, 0.3) is 0 Å². The van der Waals surface area contributed by atoms with E-state index in [4.69, 9.17) is 4.74 Å². The lowest BCUT2D eigenvalue weighted by Gasteiger charge is -2.41. The van der Waals surface area contributed by atoms with Gasteiger partial charge in [-0.2, -0.15) is 0 Å². The summed E-state index contributed by atoms with van der Waals surface area (Å²) in [6, 6.07) is 6.80. The zero-order chi connectivity index (χ0) is 14.8. The highest BCUT2D eigenvalue weighted by Crippen LogP contribution is 2.30. The Morgan fingerprint density at radius 3 is 2.75 bits per heavy atom. The molecular formula is C15H19NO4. The quantitative estimate of drug-likeness (QED) is 0.919. The molecule has 1 fully saturated rings. The van der Waals surface area contributed by atoms with Crippen molar-refractivity contribution in [1.29, 1.82) is 0 Å².